The summed E-state index contributed by atoms with van der Waals surface area (Å²) in [6.45, 7) is 6.38. The molecule has 0 radical (unpaired) electrons. The van der Waals surface area contributed by atoms with E-state index in [9.17, 15) is 4.79 Å². The average molecular weight is 420 g/mol. The highest BCUT2D eigenvalue weighted by Crippen LogP contribution is 2.24. The fourth-order valence-electron chi connectivity index (χ4n) is 2.44. The van der Waals surface area contributed by atoms with Gasteiger partial charge in [0.05, 0.1) is 12.2 Å². The van der Waals surface area contributed by atoms with Crippen LogP contribution in [0, 0.1) is 11.8 Å². The number of aliphatic hydroxyl groups excluding tert-OH is 1. The Kier molecular flexibility index (Phi) is 6.85. The first-order valence-electron chi connectivity index (χ1n) is 9.67. The van der Waals surface area contributed by atoms with E-state index in [1.165, 1.54) is 0 Å². The predicted octanol–water partition coefficient (Wildman–Crippen LogP) is 3.21. The van der Waals surface area contributed by atoms with Crippen LogP contribution >= 0.6 is 0 Å². The van der Waals surface area contributed by atoms with Gasteiger partial charge in [-0.15, -0.1) is 0 Å². The average Bonchev–Trinajstić information content (AvgIpc) is 3.20. The summed E-state index contributed by atoms with van der Waals surface area (Å²) in [6.07, 6.45) is 3.19. The standard InChI is InChI=1S/C22H24N6O3/c1-22(2,3)18-12-19(28-31-18)27-21(30)26-17-6-4-5-15(11-17)7-8-16-13-24-20(25-14-16)23-9-10-29/h4-6,11-14,29H,9-10H2,1-3H3,(H,23,24,25)(H2,26,27,28,30). The van der Waals surface area contributed by atoms with Crippen molar-refractivity contribution in [2.75, 3.05) is 29.1 Å². The number of urea groups is 1. The van der Waals surface area contributed by atoms with Crippen molar-refractivity contribution in [2.45, 2.75) is 26.2 Å². The molecule has 0 saturated heterocycles. The van der Waals surface area contributed by atoms with Gasteiger partial charge in [-0.3, -0.25) is 5.32 Å². The summed E-state index contributed by atoms with van der Waals surface area (Å²) in [6, 6.07) is 8.42. The van der Waals surface area contributed by atoms with Gasteiger partial charge in [0, 0.05) is 41.7 Å². The molecule has 1 aromatic carbocycles. The molecule has 31 heavy (non-hydrogen) atoms. The van der Waals surface area contributed by atoms with Gasteiger partial charge in [0.1, 0.15) is 5.76 Å². The van der Waals surface area contributed by atoms with Gasteiger partial charge < -0.3 is 20.3 Å². The summed E-state index contributed by atoms with van der Waals surface area (Å²) in [5.74, 6) is 7.45. The second-order valence-corrected chi connectivity index (χ2v) is 7.68. The lowest BCUT2D eigenvalue weighted by molar-refractivity contribution is 0.262. The van der Waals surface area contributed by atoms with Crippen molar-refractivity contribution in [1.29, 1.82) is 0 Å². The van der Waals surface area contributed by atoms with Gasteiger partial charge >= 0.3 is 6.03 Å². The van der Waals surface area contributed by atoms with Gasteiger partial charge in [-0.1, -0.05) is 43.8 Å². The molecule has 160 valence electrons. The second-order valence-electron chi connectivity index (χ2n) is 7.68. The van der Waals surface area contributed by atoms with E-state index in [1.807, 2.05) is 26.8 Å². The monoisotopic (exact) mass is 420 g/mol. The minimum absolute atomic E-state index is 0.00383. The number of nitrogens with zero attached hydrogens (tertiary/aromatic N) is 3. The molecular formula is C22H24N6O3. The molecule has 3 aromatic rings. The number of anilines is 3. The summed E-state index contributed by atoms with van der Waals surface area (Å²) in [4.78, 5) is 20.5. The van der Waals surface area contributed by atoms with E-state index in [0.29, 0.717) is 35.3 Å². The summed E-state index contributed by atoms with van der Waals surface area (Å²) in [7, 11) is 0. The molecule has 0 fully saturated rings. The van der Waals surface area contributed by atoms with Gasteiger partial charge in [0.2, 0.25) is 5.95 Å². The number of aromatic nitrogens is 3. The van der Waals surface area contributed by atoms with Crippen LogP contribution in [0.15, 0.2) is 47.2 Å². The lowest BCUT2D eigenvalue weighted by Gasteiger charge is -2.12. The normalized spacial score (nSPS) is 10.7. The van der Waals surface area contributed by atoms with E-state index in [1.54, 1.807) is 36.7 Å². The molecule has 2 amide bonds. The maximum absolute atomic E-state index is 12.3. The molecule has 0 saturated carbocycles. The first-order valence-corrected chi connectivity index (χ1v) is 9.67. The fourth-order valence-corrected chi connectivity index (χ4v) is 2.44. The van der Waals surface area contributed by atoms with E-state index in [2.05, 4.69) is 42.9 Å². The molecule has 3 rings (SSSR count). The Labute approximate surface area is 180 Å². The van der Waals surface area contributed by atoms with Gasteiger partial charge in [-0.25, -0.2) is 14.8 Å². The van der Waals surface area contributed by atoms with Crippen LogP contribution in [0.25, 0.3) is 0 Å². The van der Waals surface area contributed by atoms with E-state index >= 15 is 0 Å². The van der Waals surface area contributed by atoms with Crippen LogP contribution in [0.3, 0.4) is 0 Å². The van der Waals surface area contributed by atoms with Crippen LogP contribution < -0.4 is 16.0 Å². The highest BCUT2D eigenvalue weighted by molar-refractivity contribution is 5.99. The Morgan fingerprint density at radius 1 is 1.10 bits per heavy atom. The number of rotatable bonds is 5. The zero-order valence-corrected chi connectivity index (χ0v) is 17.6. The molecule has 0 aliphatic rings. The number of nitrogens with one attached hydrogen (secondary N) is 3. The third-order valence-corrected chi connectivity index (χ3v) is 4.01. The third-order valence-electron chi connectivity index (χ3n) is 4.01. The zero-order chi connectivity index (χ0) is 22.3. The molecule has 0 spiro atoms. The van der Waals surface area contributed by atoms with Crippen molar-refractivity contribution < 1.29 is 14.4 Å². The van der Waals surface area contributed by atoms with Crippen molar-refractivity contribution in [3.8, 4) is 11.8 Å². The largest absolute Gasteiger partial charge is 0.395 e. The third kappa shape index (κ3) is 6.55. The van der Waals surface area contributed by atoms with Crippen molar-refractivity contribution in [3.63, 3.8) is 0 Å². The van der Waals surface area contributed by atoms with Gasteiger partial charge in [-0.2, -0.15) is 0 Å². The molecule has 9 nitrogen and oxygen atoms in total. The predicted molar refractivity (Wildman–Crippen MR) is 118 cm³/mol. The van der Waals surface area contributed by atoms with E-state index in [4.69, 9.17) is 9.63 Å². The summed E-state index contributed by atoms with van der Waals surface area (Å²) < 4.78 is 5.26. The number of hydrogen-bond acceptors (Lipinski definition) is 7. The Bertz CT molecular complexity index is 1090. The zero-order valence-electron chi connectivity index (χ0n) is 17.6. The molecule has 9 heteroatoms. The van der Waals surface area contributed by atoms with Crippen molar-refractivity contribution in [1.82, 2.24) is 15.1 Å². The summed E-state index contributed by atoms with van der Waals surface area (Å²) in [5, 5.41) is 20.9. The number of carbonyl (C=O) groups is 1. The summed E-state index contributed by atoms with van der Waals surface area (Å²) >= 11 is 0. The first kappa shape index (κ1) is 21.8. The van der Waals surface area contributed by atoms with E-state index < -0.39 is 6.03 Å². The lowest BCUT2D eigenvalue weighted by Crippen LogP contribution is -2.19. The molecule has 0 atom stereocenters. The van der Waals surface area contributed by atoms with E-state index in [0.717, 1.165) is 5.56 Å². The summed E-state index contributed by atoms with van der Waals surface area (Å²) in [5.41, 5.74) is 1.75. The number of aliphatic hydroxyl groups is 1. The van der Waals surface area contributed by atoms with Crippen LogP contribution in [0.1, 0.15) is 37.7 Å². The topological polar surface area (TPSA) is 125 Å². The van der Waals surface area contributed by atoms with Crippen LogP contribution in [-0.4, -0.2) is 39.4 Å². The van der Waals surface area contributed by atoms with Gasteiger partial charge in [0.15, 0.2) is 5.82 Å². The minimum atomic E-state index is -0.432. The molecule has 2 aromatic heterocycles. The number of benzene rings is 1. The molecule has 0 unspecified atom stereocenters. The smallest absolute Gasteiger partial charge is 0.324 e. The first-order chi connectivity index (χ1) is 14.8. The minimum Gasteiger partial charge on any atom is -0.395 e. The van der Waals surface area contributed by atoms with Gasteiger partial charge in [-0.05, 0) is 18.2 Å². The Morgan fingerprint density at radius 2 is 1.84 bits per heavy atom. The number of hydrogen-bond donors (Lipinski definition) is 4. The molecule has 0 bridgehead atoms. The molecule has 0 aliphatic carbocycles. The molecule has 4 N–H and O–H groups in total. The fraction of sp³-hybridized carbons (Fsp3) is 0.273. The highest BCUT2D eigenvalue weighted by Gasteiger charge is 2.20. The van der Waals surface area contributed by atoms with Gasteiger partial charge in [0.25, 0.3) is 0 Å². The molecule has 2 heterocycles. The Balaban J connectivity index is 1.61. The number of carbonyl (C=O) groups excluding carboxylic acids is 1. The van der Waals surface area contributed by atoms with Crippen LogP contribution in [0.4, 0.5) is 22.2 Å². The Morgan fingerprint density at radius 3 is 2.52 bits per heavy atom. The second kappa shape index (κ2) is 9.73. The van der Waals surface area contributed by atoms with E-state index in [-0.39, 0.29) is 12.0 Å². The van der Waals surface area contributed by atoms with Crippen LogP contribution in [-0.2, 0) is 5.41 Å². The maximum atomic E-state index is 12.3. The number of amides is 2. The maximum Gasteiger partial charge on any atom is 0.324 e. The van der Waals surface area contributed by atoms with Crippen LogP contribution in [0.5, 0.6) is 0 Å². The molecule has 0 aliphatic heterocycles. The Hall–Kier alpha value is -3.90. The van der Waals surface area contributed by atoms with Crippen molar-refractivity contribution in [2.24, 2.45) is 0 Å². The highest BCUT2D eigenvalue weighted by atomic mass is 16.5. The lowest BCUT2D eigenvalue weighted by atomic mass is 9.93. The molecular weight excluding hydrogens is 396 g/mol. The van der Waals surface area contributed by atoms with Crippen molar-refractivity contribution >= 4 is 23.5 Å². The van der Waals surface area contributed by atoms with Crippen molar-refractivity contribution in [3.05, 3.63) is 59.6 Å². The van der Waals surface area contributed by atoms with Crippen LogP contribution in [0.2, 0.25) is 0 Å². The quantitative estimate of drug-likeness (QED) is 0.467. The SMILES string of the molecule is CC(C)(C)c1cc(NC(=O)Nc2cccc(C#Cc3cnc(NCCO)nc3)c2)no1.